The highest BCUT2D eigenvalue weighted by molar-refractivity contribution is 5.71. The Bertz CT molecular complexity index is 907. The molecule has 0 unspecified atom stereocenters. The second-order valence-electron chi connectivity index (χ2n) is 6.09. The summed E-state index contributed by atoms with van der Waals surface area (Å²) in [5.41, 5.74) is 5.68. The second-order valence-corrected chi connectivity index (χ2v) is 6.09. The van der Waals surface area contributed by atoms with E-state index in [0.29, 0.717) is 5.56 Å². The largest absolute Gasteiger partial charge is 0.206 e. The van der Waals surface area contributed by atoms with E-state index in [9.17, 15) is 4.39 Å². The molecule has 0 amide bonds. The van der Waals surface area contributed by atoms with Crippen LogP contribution in [0.2, 0.25) is 0 Å². The van der Waals surface area contributed by atoms with E-state index in [1.165, 1.54) is 5.56 Å². The molecule has 3 aromatic carbocycles. The van der Waals surface area contributed by atoms with Gasteiger partial charge in [-0.15, -0.1) is 5.92 Å². The van der Waals surface area contributed by atoms with E-state index in [2.05, 4.69) is 30.9 Å². The molecule has 3 aromatic rings. The lowest BCUT2D eigenvalue weighted by atomic mass is 9.98. The normalized spacial score (nSPS) is 10.2. The van der Waals surface area contributed by atoms with Gasteiger partial charge in [0.2, 0.25) is 0 Å². The van der Waals surface area contributed by atoms with Crippen LogP contribution in [0.4, 0.5) is 4.39 Å². The number of hydrogen-bond donors (Lipinski definition) is 0. The summed E-state index contributed by atoms with van der Waals surface area (Å²) in [6, 6.07) is 21.5. The van der Waals surface area contributed by atoms with Gasteiger partial charge in [-0.25, -0.2) is 4.39 Å². The van der Waals surface area contributed by atoms with Gasteiger partial charge >= 0.3 is 0 Å². The molecule has 0 aromatic heterocycles. The summed E-state index contributed by atoms with van der Waals surface area (Å²) >= 11 is 0. The molecule has 25 heavy (non-hydrogen) atoms. The molecule has 0 nitrogen and oxygen atoms in total. The number of rotatable bonds is 4. The average molecular weight is 328 g/mol. The molecule has 3 rings (SSSR count). The minimum Gasteiger partial charge on any atom is -0.206 e. The molecule has 0 aliphatic rings. The van der Waals surface area contributed by atoms with Gasteiger partial charge in [0.1, 0.15) is 5.82 Å². The Morgan fingerprint density at radius 3 is 2.04 bits per heavy atom. The fourth-order valence-electron chi connectivity index (χ4n) is 2.96. The Kier molecular flexibility index (Phi) is 5.31. The number of halogens is 1. The molecule has 0 saturated heterocycles. The maximum absolute atomic E-state index is 14.6. The molecule has 0 atom stereocenters. The van der Waals surface area contributed by atoms with E-state index in [4.69, 9.17) is 0 Å². The van der Waals surface area contributed by atoms with Crippen LogP contribution in [-0.2, 0) is 6.42 Å². The quantitative estimate of drug-likeness (QED) is 0.481. The van der Waals surface area contributed by atoms with Crippen LogP contribution in [-0.4, -0.2) is 0 Å². The van der Waals surface area contributed by atoms with Crippen LogP contribution in [0.25, 0.3) is 22.3 Å². The van der Waals surface area contributed by atoms with Crippen molar-refractivity contribution in [2.75, 3.05) is 0 Å². The number of benzene rings is 3. The lowest BCUT2D eigenvalue weighted by Gasteiger charge is -2.08. The molecule has 1 heteroatoms. The first kappa shape index (κ1) is 17.0. The third-order valence-electron chi connectivity index (χ3n) is 4.26. The van der Waals surface area contributed by atoms with Gasteiger partial charge in [-0.1, -0.05) is 67.8 Å². The Labute approximate surface area is 149 Å². The molecule has 0 bridgehead atoms. The van der Waals surface area contributed by atoms with Crippen LogP contribution in [0.3, 0.4) is 0 Å². The van der Waals surface area contributed by atoms with Gasteiger partial charge in [-0.2, -0.15) is 0 Å². The maximum Gasteiger partial charge on any atom is 0.131 e. The zero-order chi connectivity index (χ0) is 17.6. The molecule has 0 saturated carbocycles. The first-order valence-corrected chi connectivity index (χ1v) is 8.63. The van der Waals surface area contributed by atoms with Crippen LogP contribution < -0.4 is 0 Å². The third kappa shape index (κ3) is 3.98. The summed E-state index contributed by atoms with van der Waals surface area (Å²) in [6.07, 6.45) is 2.17. The molecule has 0 N–H and O–H groups in total. The van der Waals surface area contributed by atoms with E-state index in [-0.39, 0.29) is 5.82 Å². The monoisotopic (exact) mass is 328 g/mol. The summed E-state index contributed by atoms with van der Waals surface area (Å²) in [4.78, 5) is 0. The van der Waals surface area contributed by atoms with Crippen LogP contribution in [0.1, 0.15) is 31.4 Å². The van der Waals surface area contributed by atoms with E-state index >= 15 is 0 Å². The van der Waals surface area contributed by atoms with Gasteiger partial charge < -0.3 is 0 Å². The molecular weight excluding hydrogens is 307 g/mol. The van der Waals surface area contributed by atoms with Crippen molar-refractivity contribution in [1.82, 2.24) is 0 Å². The van der Waals surface area contributed by atoms with Gasteiger partial charge in [0.15, 0.2) is 0 Å². The molecule has 124 valence electrons. The minimum atomic E-state index is -0.196. The Hall–Kier alpha value is -2.85. The highest BCUT2D eigenvalue weighted by Crippen LogP contribution is 2.28. The second kappa shape index (κ2) is 7.81. The summed E-state index contributed by atoms with van der Waals surface area (Å²) in [5.74, 6) is 5.70. The van der Waals surface area contributed by atoms with E-state index in [1.807, 2.05) is 55.5 Å². The standard InChI is InChI=1S/C24H21F/c1-3-5-18-7-11-20(12-8-18)22-15-16-23(24(25)17-22)21-13-9-19(6-4-2)10-14-21/h7-17H,4,6H2,1-2H3. The molecule has 0 radical (unpaired) electrons. The van der Waals surface area contributed by atoms with Gasteiger partial charge in [-0.05, 0) is 53.8 Å². The predicted octanol–water partition coefficient (Wildman–Crippen LogP) is 6.48. The van der Waals surface area contributed by atoms with Crippen molar-refractivity contribution in [3.05, 3.63) is 83.7 Å². The maximum atomic E-state index is 14.6. The van der Waals surface area contributed by atoms with Crippen LogP contribution in [0, 0.1) is 17.7 Å². The molecule has 0 aliphatic carbocycles. The number of hydrogen-bond acceptors (Lipinski definition) is 0. The first-order chi connectivity index (χ1) is 12.2. The highest BCUT2D eigenvalue weighted by Gasteiger charge is 2.07. The average Bonchev–Trinajstić information content (AvgIpc) is 2.64. The van der Waals surface area contributed by atoms with Crippen molar-refractivity contribution in [1.29, 1.82) is 0 Å². The Morgan fingerprint density at radius 2 is 1.44 bits per heavy atom. The van der Waals surface area contributed by atoms with Crippen molar-refractivity contribution in [3.63, 3.8) is 0 Å². The third-order valence-corrected chi connectivity index (χ3v) is 4.26. The number of aryl methyl sites for hydroxylation is 1. The Morgan fingerprint density at radius 1 is 0.800 bits per heavy atom. The van der Waals surface area contributed by atoms with Crippen LogP contribution in [0.5, 0.6) is 0 Å². The zero-order valence-corrected chi connectivity index (χ0v) is 14.6. The van der Waals surface area contributed by atoms with Gasteiger partial charge in [0.25, 0.3) is 0 Å². The first-order valence-electron chi connectivity index (χ1n) is 8.63. The van der Waals surface area contributed by atoms with Gasteiger partial charge in [0, 0.05) is 11.1 Å². The lowest BCUT2D eigenvalue weighted by molar-refractivity contribution is 0.632. The molecule has 0 spiro atoms. The summed E-state index contributed by atoms with van der Waals surface area (Å²) in [7, 11) is 0. The van der Waals surface area contributed by atoms with Crippen molar-refractivity contribution in [3.8, 4) is 34.1 Å². The van der Waals surface area contributed by atoms with Crippen LogP contribution in [0.15, 0.2) is 66.7 Å². The van der Waals surface area contributed by atoms with E-state index < -0.39 is 0 Å². The highest BCUT2D eigenvalue weighted by atomic mass is 19.1. The van der Waals surface area contributed by atoms with Crippen LogP contribution >= 0.6 is 0 Å². The summed E-state index contributed by atoms with van der Waals surface area (Å²) in [5, 5.41) is 0. The molecule has 0 heterocycles. The molecule has 0 aliphatic heterocycles. The van der Waals surface area contributed by atoms with Crippen molar-refractivity contribution in [2.45, 2.75) is 26.7 Å². The van der Waals surface area contributed by atoms with Crippen molar-refractivity contribution >= 4 is 0 Å². The van der Waals surface area contributed by atoms with E-state index in [1.54, 1.807) is 6.07 Å². The molecular formula is C24H21F. The Balaban J connectivity index is 1.88. The van der Waals surface area contributed by atoms with Gasteiger partial charge in [0.05, 0.1) is 0 Å². The van der Waals surface area contributed by atoms with E-state index in [0.717, 1.165) is 35.1 Å². The summed E-state index contributed by atoms with van der Waals surface area (Å²) < 4.78 is 14.6. The zero-order valence-electron chi connectivity index (χ0n) is 14.6. The lowest BCUT2D eigenvalue weighted by Crippen LogP contribution is -1.88. The van der Waals surface area contributed by atoms with Gasteiger partial charge in [-0.3, -0.25) is 0 Å². The fraction of sp³-hybridized carbons (Fsp3) is 0.167. The smallest absolute Gasteiger partial charge is 0.131 e. The minimum absolute atomic E-state index is 0.196. The van der Waals surface area contributed by atoms with Crippen molar-refractivity contribution < 1.29 is 4.39 Å². The molecule has 0 fully saturated rings. The summed E-state index contributed by atoms with van der Waals surface area (Å²) in [6.45, 7) is 3.98. The topological polar surface area (TPSA) is 0 Å². The SMILES string of the molecule is CC#Cc1ccc(-c2ccc(-c3ccc(CCC)cc3)c(F)c2)cc1. The predicted molar refractivity (Wildman–Crippen MR) is 104 cm³/mol. The van der Waals surface area contributed by atoms with Crippen molar-refractivity contribution in [2.24, 2.45) is 0 Å². The fourth-order valence-corrected chi connectivity index (χ4v) is 2.96.